The predicted octanol–water partition coefficient (Wildman–Crippen LogP) is 5.85. The van der Waals surface area contributed by atoms with Gasteiger partial charge in [-0.1, -0.05) is 31.5 Å². The van der Waals surface area contributed by atoms with Gasteiger partial charge < -0.3 is 14.7 Å². The molecule has 0 aromatic heterocycles. The molecular formula is C26H30ClFN2O3. The Labute approximate surface area is 199 Å². The molecule has 1 N–H and O–H groups in total. The fourth-order valence-corrected chi connectivity index (χ4v) is 6.58. The van der Waals surface area contributed by atoms with E-state index in [0.717, 1.165) is 43.6 Å². The number of hydrogen-bond acceptors (Lipinski definition) is 3. The number of halogens is 2. The Kier molecular flexibility index (Phi) is 5.57. The smallest absolute Gasteiger partial charge is 0.408 e. The molecule has 6 rings (SSSR count). The number of nitrogens with zero attached hydrogens (tertiary/aromatic N) is 2. The van der Waals surface area contributed by atoms with Gasteiger partial charge >= 0.3 is 6.09 Å². The van der Waals surface area contributed by atoms with Crippen LogP contribution in [0.15, 0.2) is 30.3 Å². The van der Waals surface area contributed by atoms with Crippen molar-refractivity contribution in [2.45, 2.75) is 45.2 Å². The molecule has 2 bridgehead atoms. The van der Waals surface area contributed by atoms with Gasteiger partial charge in [-0.15, -0.1) is 0 Å². The van der Waals surface area contributed by atoms with Crippen molar-refractivity contribution in [1.82, 2.24) is 9.80 Å². The first-order valence-electron chi connectivity index (χ1n) is 11.6. The van der Waals surface area contributed by atoms with Crippen LogP contribution in [-0.2, 0) is 6.42 Å². The maximum Gasteiger partial charge on any atom is 0.408 e. The van der Waals surface area contributed by atoms with Gasteiger partial charge in [0.1, 0.15) is 11.6 Å². The number of benzene rings is 2. The number of hydrogen-bond donors (Lipinski definition) is 1. The van der Waals surface area contributed by atoms with Gasteiger partial charge in [-0.2, -0.15) is 0 Å². The molecule has 0 saturated carbocycles. The largest absolute Gasteiger partial charge is 0.495 e. The van der Waals surface area contributed by atoms with Crippen LogP contribution in [-0.4, -0.2) is 53.8 Å². The van der Waals surface area contributed by atoms with Crippen LogP contribution in [0.25, 0.3) is 11.1 Å². The zero-order chi connectivity index (χ0) is 23.5. The van der Waals surface area contributed by atoms with Gasteiger partial charge in [-0.25, -0.2) is 9.18 Å². The SMILES string of the molecule is COc1ccc(-c2cc3c(cc2F)[C@H](N(C(=O)O)[C@@H]2CN4CCC2CC4)C(C)(C)C3)cc1Cl. The van der Waals surface area contributed by atoms with Crippen molar-refractivity contribution >= 4 is 17.7 Å². The fourth-order valence-electron chi connectivity index (χ4n) is 6.32. The maximum atomic E-state index is 15.5. The van der Waals surface area contributed by atoms with Crippen LogP contribution in [0.3, 0.4) is 0 Å². The highest BCUT2D eigenvalue weighted by molar-refractivity contribution is 6.32. The molecular weight excluding hydrogens is 443 g/mol. The summed E-state index contributed by atoms with van der Waals surface area (Å²) in [5.74, 6) is 0.547. The van der Waals surface area contributed by atoms with E-state index in [0.29, 0.717) is 34.2 Å². The van der Waals surface area contributed by atoms with Crippen molar-refractivity contribution < 1.29 is 19.0 Å². The number of carboxylic acid groups (broad SMARTS) is 1. The van der Waals surface area contributed by atoms with Crippen LogP contribution in [0.5, 0.6) is 5.75 Å². The van der Waals surface area contributed by atoms with Gasteiger partial charge in [0.25, 0.3) is 0 Å². The lowest BCUT2D eigenvalue weighted by molar-refractivity contribution is -0.0267. The second-order valence-electron chi connectivity index (χ2n) is 10.3. The van der Waals surface area contributed by atoms with Crippen LogP contribution in [0.4, 0.5) is 9.18 Å². The molecule has 0 spiro atoms. The van der Waals surface area contributed by atoms with E-state index >= 15 is 4.39 Å². The number of amides is 1. The van der Waals surface area contributed by atoms with Crippen molar-refractivity contribution in [1.29, 1.82) is 0 Å². The molecule has 176 valence electrons. The van der Waals surface area contributed by atoms with Crippen molar-refractivity contribution in [3.8, 4) is 16.9 Å². The summed E-state index contributed by atoms with van der Waals surface area (Å²) in [6, 6.07) is 8.24. The van der Waals surface area contributed by atoms with E-state index in [1.54, 1.807) is 36.3 Å². The summed E-state index contributed by atoms with van der Waals surface area (Å²) in [7, 11) is 1.54. The quantitative estimate of drug-likeness (QED) is 0.606. The van der Waals surface area contributed by atoms with E-state index in [1.165, 1.54) is 0 Å². The third-order valence-corrected chi connectivity index (χ3v) is 8.15. The standard InChI is InChI=1S/C26H30ClFN2O3/c1-26(2)13-17-10-18(16-4-5-23(33-3)20(27)11-16)21(28)12-19(17)24(26)30(25(31)32)22-14-29-8-6-15(22)7-9-29/h4-5,10-12,15,22,24H,6-9,13-14H2,1-3H3,(H,31,32)/t22-,24+/m1/s1. The Morgan fingerprint density at radius 1 is 1.24 bits per heavy atom. The third kappa shape index (κ3) is 3.77. The van der Waals surface area contributed by atoms with E-state index < -0.39 is 6.09 Å². The van der Waals surface area contributed by atoms with Gasteiger partial charge in [-0.3, -0.25) is 4.90 Å². The molecule has 2 aromatic rings. The summed E-state index contributed by atoms with van der Waals surface area (Å²) in [6.45, 7) is 7.04. The number of ether oxygens (including phenoxy) is 1. The minimum absolute atomic E-state index is 0.0524. The van der Waals surface area contributed by atoms with Crippen molar-refractivity contribution in [2.75, 3.05) is 26.7 Å². The number of fused-ring (bicyclic) bond motifs is 4. The van der Waals surface area contributed by atoms with Crippen LogP contribution in [0.1, 0.15) is 43.9 Å². The summed E-state index contributed by atoms with van der Waals surface area (Å²) in [6.07, 6.45) is 1.83. The van der Waals surface area contributed by atoms with Crippen molar-refractivity contribution in [3.63, 3.8) is 0 Å². The van der Waals surface area contributed by atoms with Crippen molar-refractivity contribution in [2.24, 2.45) is 11.3 Å². The molecule has 4 aliphatic rings. The Morgan fingerprint density at radius 3 is 2.55 bits per heavy atom. The van der Waals surface area contributed by atoms with Gasteiger partial charge in [0.15, 0.2) is 0 Å². The molecule has 2 aromatic carbocycles. The van der Waals surface area contributed by atoms with Crippen LogP contribution >= 0.6 is 11.6 Å². The first-order valence-corrected chi connectivity index (χ1v) is 12.0. The Hall–Kier alpha value is -2.31. The molecule has 3 fully saturated rings. The average molecular weight is 473 g/mol. The van der Waals surface area contributed by atoms with Gasteiger partial charge in [0.05, 0.1) is 24.2 Å². The molecule has 3 saturated heterocycles. The average Bonchev–Trinajstić information content (AvgIpc) is 3.03. The fraction of sp³-hybridized carbons (Fsp3) is 0.500. The zero-order valence-electron chi connectivity index (χ0n) is 19.3. The molecule has 5 nitrogen and oxygen atoms in total. The summed E-state index contributed by atoms with van der Waals surface area (Å²) in [5, 5.41) is 10.8. The molecule has 1 aliphatic carbocycles. The first kappa shape index (κ1) is 22.5. The highest BCUT2D eigenvalue weighted by Gasteiger charge is 2.50. The third-order valence-electron chi connectivity index (χ3n) is 7.85. The highest BCUT2D eigenvalue weighted by Crippen LogP contribution is 2.52. The Morgan fingerprint density at radius 2 is 1.97 bits per heavy atom. The minimum atomic E-state index is -0.911. The minimum Gasteiger partial charge on any atom is -0.495 e. The second kappa shape index (κ2) is 8.17. The predicted molar refractivity (Wildman–Crippen MR) is 126 cm³/mol. The second-order valence-corrected chi connectivity index (χ2v) is 10.8. The Bertz CT molecular complexity index is 1100. The van der Waals surface area contributed by atoms with E-state index in [-0.39, 0.29) is 23.3 Å². The maximum absolute atomic E-state index is 15.5. The van der Waals surface area contributed by atoms with Crippen LogP contribution < -0.4 is 4.74 Å². The van der Waals surface area contributed by atoms with E-state index in [1.807, 2.05) is 6.07 Å². The molecule has 3 heterocycles. The molecule has 0 unspecified atom stereocenters. The van der Waals surface area contributed by atoms with Gasteiger partial charge in [0, 0.05) is 12.1 Å². The normalized spacial score (nSPS) is 27.3. The number of piperidine rings is 3. The summed E-state index contributed by atoms with van der Waals surface area (Å²) < 4.78 is 20.7. The molecule has 33 heavy (non-hydrogen) atoms. The van der Waals surface area contributed by atoms with Crippen molar-refractivity contribution in [3.05, 3.63) is 52.3 Å². The first-order chi connectivity index (χ1) is 15.7. The lowest BCUT2D eigenvalue weighted by atomic mass is 9.79. The van der Waals surface area contributed by atoms with Gasteiger partial charge in [-0.05, 0) is 84.6 Å². The summed E-state index contributed by atoms with van der Waals surface area (Å²) in [5.41, 5.74) is 2.60. The van der Waals surface area contributed by atoms with E-state index in [2.05, 4.69) is 18.7 Å². The molecule has 1 amide bonds. The molecule has 0 radical (unpaired) electrons. The monoisotopic (exact) mass is 472 g/mol. The topological polar surface area (TPSA) is 53.0 Å². The van der Waals surface area contributed by atoms with Crippen LogP contribution in [0.2, 0.25) is 5.02 Å². The van der Waals surface area contributed by atoms with E-state index in [4.69, 9.17) is 16.3 Å². The number of methoxy groups -OCH3 is 1. The summed E-state index contributed by atoms with van der Waals surface area (Å²) in [4.78, 5) is 16.6. The number of carbonyl (C=O) groups is 1. The molecule has 7 heteroatoms. The highest BCUT2D eigenvalue weighted by atomic mass is 35.5. The van der Waals surface area contributed by atoms with Gasteiger partial charge in [0.2, 0.25) is 0 Å². The lowest BCUT2D eigenvalue weighted by Gasteiger charge is -2.51. The number of rotatable bonds is 4. The summed E-state index contributed by atoms with van der Waals surface area (Å²) >= 11 is 6.29. The molecule has 3 aliphatic heterocycles. The Balaban J connectivity index is 1.56. The zero-order valence-corrected chi connectivity index (χ0v) is 20.0. The lowest BCUT2D eigenvalue weighted by Crippen LogP contribution is -2.60. The van der Waals surface area contributed by atoms with Crippen LogP contribution in [0, 0.1) is 17.2 Å². The molecule has 2 atom stereocenters. The van der Waals surface area contributed by atoms with E-state index in [9.17, 15) is 9.90 Å².